The molecule has 3 rings (SSSR count). The molecule has 0 aliphatic carbocycles. The molecule has 0 saturated heterocycles. The smallest absolute Gasteiger partial charge is 0.226 e. The maximum Gasteiger partial charge on any atom is 0.226 e. The van der Waals surface area contributed by atoms with Crippen molar-refractivity contribution < 1.29 is 4.52 Å². The van der Waals surface area contributed by atoms with Crippen LogP contribution in [0.1, 0.15) is 30.2 Å². The molecule has 2 aromatic carbocycles. The summed E-state index contributed by atoms with van der Waals surface area (Å²) in [6.07, 6.45) is 0.715. The summed E-state index contributed by atoms with van der Waals surface area (Å²) in [4.78, 5) is 4.28. The van der Waals surface area contributed by atoms with E-state index >= 15 is 0 Å². The molecule has 1 atom stereocenters. The van der Waals surface area contributed by atoms with Gasteiger partial charge >= 0.3 is 0 Å². The molecule has 4 heteroatoms. The molecule has 1 aromatic heterocycles. The Kier molecular flexibility index (Phi) is 3.79. The largest absolute Gasteiger partial charge is 0.339 e. The summed E-state index contributed by atoms with van der Waals surface area (Å²) < 4.78 is 5.11. The first-order valence-electron chi connectivity index (χ1n) is 7.01. The molecule has 0 saturated carbocycles. The van der Waals surface area contributed by atoms with Crippen LogP contribution in [0, 0.1) is 0 Å². The Bertz CT molecular complexity index is 704. The molecule has 0 bridgehead atoms. The third kappa shape index (κ3) is 2.85. The van der Waals surface area contributed by atoms with Crippen molar-refractivity contribution in [2.75, 3.05) is 0 Å². The number of nitrogens with zero attached hydrogens (tertiary/aromatic N) is 2. The second-order valence-electron chi connectivity index (χ2n) is 4.87. The Morgan fingerprint density at radius 1 is 1.00 bits per heavy atom. The van der Waals surface area contributed by atoms with E-state index in [0.29, 0.717) is 18.1 Å². The van der Waals surface area contributed by atoms with Crippen molar-refractivity contribution in [1.82, 2.24) is 10.1 Å². The summed E-state index contributed by atoms with van der Waals surface area (Å²) in [6.45, 7) is 1.97. The average molecular weight is 279 g/mol. The number of benzene rings is 2. The molecule has 4 nitrogen and oxygen atoms in total. The third-order valence-electron chi connectivity index (χ3n) is 3.44. The summed E-state index contributed by atoms with van der Waals surface area (Å²) in [5.41, 5.74) is 9.51. The van der Waals surface area contributed by atoms with Gasteiger partial charge in [-0.1, -0.05) is 66.7 Å². The predicted octanol–water partition coefficient (Wildman–Crippen LogP) is 3.35. The minimum absolute atomic E-state index is 0.362. The molecule has 106 valence electrons. The molecule has 21 heavy (non-hydrogen) atoms. The van der Waals surface area contributed by atoms with Crippen molar-refractivity contribution in [3.63, 3.8) is 0 Å². The van der Waals surface area contributed by atoms with Gasteiger partial charge in [-0.15, -0.1) is 0 Å². The SMILES string of the molecule is CCc1nc(C(N)c2ccc(-c3ccccc3)cc2)no1. The molecular formula is C17H17N3O. The van der Waals surface area contributed by atoms with E-state index in [1.54, 1.807) is 0 Å². The van der Waals surface area contributed by atoms with Crippen molar-refractivity contribution in [1.29, 1.82) is 0 Å². The highest BCUT2D eigenvalue weighted by Crippen LogP contribution is 2.23. The first kappa shape index (κ1) is 13.5. The van der Waals surface area contributed by atoms with Crippen LogP contribution < -0.4 is 5.73 Å². The molecule has 1 heterocycles. The van der Waals surface area contributed by atoms with E-state index in [1.165, 1.54) is 5.56 Å². The highest BCUT2D eigenvalue weighted by atomic mass is 16.5. The van der Waals surface area contributed by atoms with E-state index in [0.717, 1.165) is 11.1 Å². The van der Waals surface area contributed by atoms with E-state index < -0.39 is 0 Å². The van der Waals surface area contributed by atoms with Gasteiger partial charge in [0.15, 0.2) is 5.82 Å². The zero-order valence-corrected chi connectivity index (χ0v) is 11.9. The molecular weight excluding hydrogens is 262 g/mol. The Labute approximate surface area is 123 Å². The summed E-state index contributed by atoms with van der Waals surface area (Å²) in [6, 6.07) is 18.0. The number of nitrogens with two attached hydrogens (primary N) is 1. The van der Waals surface area contributed by atoms with E-state index in [-0.39, 0.29) is 6.04 Å². The molecule has 3 aromatic rings. The fourth-order valence-electron chi connectivity index (χ4n) is 2.20. The van der Waals surface area contributed by atoms with Gasteiger partial charge in [-0.25, -0.2) is 0 Å². The van der Waals surface area contributed by atoms with Crippen LogP contribution in [0.3, 0.4) is 0 Å². The zero-order valence-electron chi connectivity index (χ0n) is 11.9. The van der Waals surface area contributed by atoms with Crippen LogP contribution in [-0.4, -0.2) is 10.1 Å². The number of rotatable bonds is 4. The van der Waals surface area contributed by atoms with E-state index in [2.05, 4.69) is 34.4 Å². The summed E-state index contributed by atoms with van der Waals surface area (Å²) in [5.74, 6) is 1.14. The maximum absolute atomic E-state index is 6.19. The number of aromatic nitrogens is 2. The average Bonchev–Trinajstić information content (AvgIpc) is 3.04. The summed E-state index contributed by atoms with van der Waals surface area (Å²) in [7, 11) is 0. The van der Waals surface area contributed by atoms with Gasteiger partial charge in [-0.2, -0.15) is 4.98 Å². The lowest BCUT2D eigenvalue weighted by molar-refractivity contribution is 0.375. The van der Waals surface area contributed by atoms with Crippen LogP contribution in [0.2, 0.25) is 0 Å². The summed E-state index contributed by atoms with van der Waals surface area (Å²) in [5, 5.41) is 3.93. The molecule has 0 aliphatic heterocycles. The van der Waals surface area contributed by atoms with Gasteiger partial charge in [0.1, 0.15) is 0 Å². The predicted molar refractivity (Wildman–Crippen MR) is 81.6 cm³/mol. The van der Waals surface area contributed by atoms with Crippen LogP contribution in [0.5, 0.6) is 0 Å². The van der Waals surface area contributed by atoms with Gasteiger partial charge in [0.05, 0.1) is 6.04 Å². The second kappa shape index (κ2) is 5.89. The van der Waals surface area contributed by atoms with Crippen LogP contribution in [0.15, 0.2) is 59.1 Å². The van der Waals surface area contributed by atoms with Gasteiger partial charge in [-0.3, -0.25) is 0 Å². The Morgan fingerprint density at radius 2 is 1.67 bits per heavy atom. The lowest BCUT2D eigenvalue weighted by Crippen LogP contribution is -2.13. The highest BCUT2D eigenvalue weighted by molar-refractivity contribution is 5.63. The minimum atomic E-state index is -0.362. The Balaban J connectivity index is 1.83. The van der Waals surface area contributed by atoms with Crippen molar-refractivity contribution >= 4 is 0 Å². The summed E-state index contributed by atoms with van der Waals surface area (Å²) >= 11 is 0. The van der Waals surface area contributed by atoms with E-state index in [1.807, 2.05) is 37.3 Å². The monoisotopic (exact) mass is 279 g/mol. The fraction of sp³-hybridized carbons (Fsp3) is 0.176. The van der Waals surface area contributed by atoms with Crippen LogP contribution >= 0.6 is 0 Å². The molecule has 0 aliphatic rings. The topological polar surface area (TPSA) is 64.9 Å². The molecule has 0 amide bonds. The number of hydrogen-bond acceptors (Lipinski definition) is 4. The highest BCUT2D eigenvalue weighted by Gasteiger charge is 2.15. The quantitative estimate of drug-likeness (QED) is 0.795. The fourth-order valence-corrected chi connectivity index (χ4v) is 2.20. The number of hydrogen-bond donors (Lipinski definition) is 1. The third-order valence-corrected chi connectivity index (χ3v) is 3.44. The van der Waals surface area contributed by atoms with Gasteiger partial charge in [0.25, 0.3) is 0 Å². The van der Waals surface area contributed by atoms with E-state index in [9.17, 15) is 0 Å². The van der Waals surface area contributed by atoms with Crippen LogP contribution in [0.4, 0.5) is 0 Å². The van der Waals surface area contributed by atoms with Crippen molar-refractivity contribution in [2.45, 2.75) is 19.4 Å². The van der Waals surface area contributed by atoms with Crippen molar-refractivity contribution in [3.8, 4) is 11.1 Å². The molecule has 0 spiro atoms. The van der Waals surface area contributed by atoms with Crippen LogP contribution in [0.25, 0.3) is 11.1 Å². The standard InChI is InChI=1S/C17H17N3O/c1-2-15-19-17(20-21-15)16(18)14-10-8-13(9-11-14)12-6-4-3-5-7-12/h3-11,16H,2,18H2,1H3. The lowest BCUT2D eigenvalue weighted by atomic mass is 10.0. The van der Waals surface area contributed by atoms with E-state index in [4.69, 9.17) is 10.3 Å². The van der Waals surface area contributed by atoms with Gasteiger partial charge in [0.2, 0.25) is 5.89 Å². The van der Waals surface area contributed by atoms with Crippen molar-refractivity contribution in [3.05, 3.63) is 71.9 Å². The molecule has 2 N–H and O–H groups in total. The minimum Gasteiger partial charge on any atom is -0.339 e. The normalized spacial score (nSPS) is 12.3. The first-order valence-corrected chi connectivity index (χ1v) is 7.01. The molecule has 1 unspecified atom stereocenters. The van der Waals surface area contributed by atoms with Crippen LogP contribution in [-0.2, 0) is 6.42 Å². The zero-order chi connectivity index (χ0) is 14.7. The maximum atomic E-state index is 6.19. The van der Waals surface area contributed by atoms with Gasteiger partial charge < -0.3 is 10.3 Å². The Morgan fingerprint density at radius 3 is 2.29 bits per heavy atom. The number of aryl methyl sites for hydroxylation is 1. The Hall–Kier alpha value is -2.46. The molecule has 0 radical (unpaired) electrons. The molecule has 0 fully saturated rings. The van der Waals surface area contributed by atoms with Gasteiger partial charge in [-0.05, 0) is 16.7 Å². The lowest BCUT2D eigenvalue weighted by Gasteiger charge is -2.08. The first-order chi connectivity index (χ1) is 10.3. The van der Waals surface area contributed by atoms with Crippen molar-refractivity contribution in [2.24, 2.45) is 5.73 Å². The second-order valence-corrected chi connectivity index (χ2v) is 4.87. The van der Waals surface area contributed by atoms with Gasteiger partial charge in [0, 0.05) is 6.42 Å².